The molecule has 2 aromatic rings. The van der Waals surface area contributed by atoms with E-state index in [0.29, 0.717) is 12.5 Å². The van der Waals surface area contributed by atoms with Gasteiger partial charge in [0.05, 0.1) is 11.2 Å². The van der Waals surface area contributed by atoms with E-state index in [1.807, 2.05) is 49.9 Å². The van der Waals surface area contributed by atoms with Crippen LogP contribution in [0.5, 0.6) is 0 Å². The van der Waals surface area contributed by atoms with E-state index < -0.39 is 11.2 Å². The molecule has 4 nitrogen and oxygen atoms in total. The smallest absolute Gasteiger partial charge is 0.331 e. The second-order valence-electron chi connectivity index (χ2n) is 9.69. The Hall–Kier alpha value is -2.11. The molecule has 4 rings (SSSR count). The van der Waals surface area contributed by atoms with Gasteiger partial charge >= 0.3 is 7.48 Å². The standard InChI is InChI=1S/C25H31BNO3/c1-16-21(26-30-25(4,5)24(2,3)29)7-6-8-22(16)27-14-13-19-15-18(17-9-10-17)11-12-20(19)23(27)28/h6-8,11-12,15,17,29H,9-10,13-14H2,1-5H3. The van der Waals surface area contributed by atoms with Crippen molar-refractivity contribution >= 4 is 24.5 Å². The van der Waals surface area contributed by atoms with Gasteiger partial charge in [-0.05, 0) is 94.1 Å². The minimum Gasteiger partial charge on any atom is -0.427 e. The molecule has 0 unspecified atom stereocenters. The summed E-state index contributed by atoms with van der Waals surface area (Å²) in [7, 11) is 1.70. The zero-order valence-electron chi connectivity index (χ0n) is 18.7. The second kappa shape index (κ2) is 7.54. The lowest BCUT2D eigenvalue weighted by molar-refractivity contribution is -0.0893. The van der Waals surface area contributed by atoms with E-state index in [9.17, 15) is 9.90 Å². The molecule has 1 aliphatic carbocycles. The van der Waals surface area contributed by atoms with E-state index in [-0.39, 0.29) is 5.91 Å². The van der Waals surface area contributed by atoms with Crippen LogP contribution in [0.25, 0.3) is 0 Å². The van der Waals surface area contributed by atoms with Gasteiger partial charge in [-0.2, -0.15) is 0 Å². The Morgan fingerprint density at radius 1 is 1.13 bits per heavy atom. The molecule has 1 N–H and O–H groups in total. The van der Waals surface area contributed by atoms with Gasteiger partial charge in [-0.25, -0.2) is 0 Å². The summed E-state index contributed by atoms with van der Waals surface area (Å²) in [6, 6.07) is 12.3. The van der Waals surface area contributed by atoms with Crippen molar-refractivity contribution in [1.29, 1.82) is 0 Å². The van der Waals surface area contributed by atoms with Gasteiger partial charge in [0, 0.05) is 17.8 Å². The largest absolute Gasteiger partial charge is 0.427 e. The van der Waals surface area contributed by atoms with Crippen molar-refractivity contribution in [2.24, 2.45) is 0 Å². The summed E-state index contributed by atoms with van der Waals surface area (Å²) in [5, 5.41) is 10.3. The van der Waals surface area contributed by atoms with Crippen LogP contribution in [-0.4, -0.2) is 36.2 Å². The number of amides is 1. The first-order chi connectivity index (χ1) is 14.1. The highest BCUT2D eigenvalue weighted by atomic mass is 16.5. The van der Waals surface area contributed by atoms with E-state index in [1.165, 1.54) is 24.0 Å². The predicted octanol–water partition coefficient (Wildman–Crippen LogP) is 3.89. The molecule has 1 amide bonds. The van der Waals surface area contributed by atoms with E-state index in [0.717, 1.165) is 28.7 Å². The van der Waals surface area contributed by atoms with Crippen LogP contribution in [0, 0.1) is 6.92 Å². The molecule has 157 valence electrons. The number of carbonyl (C=O) groups excluding carboxylic acids is 1. The second-order valence-corrected chi connectivity index (χ2v) is 9.69. The molecular weight excluding hydrogens is 373 g/mol. The molecule has 0 atom stereocenters. The normalized spacial score (nSPS) is 17.1. The summed E-state index contributed by atoms with van der Waals surface area (Å²) in [4.78, 5) is 15.2. The predicted molar refractivity (Wildman–Crippen MR) is 122 cm³/mol. The Morgan fingerprint density at radius 3 is 2.53 bits per heavy atom. The maximum Gasteiger partial charge on any atom is 0.331 e. The molecule has 2 aromatic carbocycles. The molecule has 30 heavy (non-hydrogen) atoms. The van der Waals surface area contributed by atoms with E-state index in [2.05, 4.69) is 12.1 Å². The Labute approximate surface area is 180 Å². The summed E-state index contributed by atoms with van der Waals surface area (Å²) < 4.78 is 5.95. The molecule has 1 radical (unpaired) electrons. The number of benzene rings is 2. The van der Waals surface area contributed by atoms with Gasteiger partial charge in [0.2, 0.25) is 0 Å². The Balaban J connectivity index is 1.56. The van der Waals surface area contributed by atoms with Crippen LogP contribution in [0.3, 0.4) is 0 Å². The Kier molecular flexibility index (Phi) is 5.32. The van der Waals surface area contributed by atoms with E-state index >= 15 is 0 Å². The fourth-order valence-corrected chi connectivity index (χ4v) is 3.82. The average Bonchev–Trinajstić information content (AvgIpc) is 3.52. The van der Waals surface area contributed by atoms with Gasteiger partial charge in [-0.1, -0.05) is 24.3 Å². The van der Waals surface area contributed by atoms with E-state index in [4.69, 9.17) is 4.65 Å². The summed E-state index contributed by atoms with van der Waals surface area (Å²) in [6.07, 6.45) is 3.42. The Morgan fingerprint density at radius 2 is 1.87 bits per heavy atom. The summed E-state index contributed by atoms with van der Waals surface area (Å²) in [5.41, 5.74) is 4.47. The molecule has 5 heteroatoms. The van der Waals surface area contributed by atoms with Crippen LogP contribution < -0.4 is 10.4 Å². The molecule has 1 heterocycles. The van der Waals surface area contributed by atoms with Gasteiger partial charge in [0.1, 0.15) is 0 Å². The number of fused-ring (bicyclic) bond motifs is 1. The van der Waals surface area contributed by atoms with Gasteiger partial charge in [0.15, 0.2) is 0 Å². The number of aliphatic hydroxyl groups is 1. The first-order valence-corrected chi connectivity index (χ1v) is 10.9. The topological polar surface area (TPSA) is 49.8 Å². The van der Waals surface area contributed by atoms with E-state index in [1.54, 1.807) is 21.3 Å². The molecule has 0 spiro atoms. The average molecular weight is 404 g/mol. The number of hydrogen-bond acceptors (Lipinski definition) is 3. The number of anilines is 1. The van der Waals surface area contributed by atoms with Crippen LogP contribution in [0.2, 0.25) is 0 Å². The van der Waals surface area contributed by atoms with Crippen molar-refractivity contribution < 1.29 is 14.6 Å². The van der Waals surface area contributed by atoms with Crippen molar-refractivity contribution in [2.75, 3.05) is 11.4 Å². The lowest BCUT2D eigenvalue weighted by Crippen LogP contribution is -2.49. The van der Waals surface area contributed by atoms with Crippen molar-refractivity contribution in [2.45, 2.75) is 71.0 Å². The fourth-order valence-electron chi connectivity index (χ4n) is 3.82. The molecular formula is C25H31BNO3. The summed E-state index contributed by atoms with van der Waals surface area (Å²) in [6.45, 7) is 9.90. The van der Waals surface area contributed by atoms with Gasteiger partial charge in [0.25, 0.3) is 5.91 Å². The molecule has 1 fully saturated rings. The monoisotopic (exact) mass is 404 g/mol. The van der Waals surface area contributed by atoms with Crippen LogP contribution in [0.1, 0.15) is 73.5 Å². The van der Waals surface area contributed by atoms with Crippen molar-refractivity contribution in [3.05, 3.63) is 58.7 Å². The molecule has 2 aliphatic rings. The molecule has 1 saturated carbocycles. The van der Waals surface area contributed by atoms with Crippen LogP contribution in [-0.2, 0) is 11.1 Å². The SMILES string of the molecule is Cc1c([B]OC(C)(C)C(C)(C)O)cccc1N1CCc2cc(C3CC3)ccc2C1=O. The quantitative estimate of drug-likeness (QED) is 0.744. The van der Waals surface area contributed by atoms with Crippen LogP contribution in [0.15, 0.2) is 36.4 Å². The molecule has 0 bridgehead atoms. The molecule has 0 aromatic heterocycles. The maximum atomic E-state index is 13.3. The zero-order valence-corrected chi connectivity index (χ0v) is 18.7. The highest BCUT2D eigenvalue weighted by Gasteiger charge is 2.36. The molecule has 1 aliphatic heterocycles. The molecule has 0 saturated heterocycles. The van der Waals surface area contributed by atoms with Crippen LogP contribution >= 0.6 is 0 Å². The third-order valence-electron chi connectivity index (χ3n) is 6.85. The first kappa shape index (κ1) is 21.1. The minimum atomic E-state index is -0.985. The Bertz CT molecular complexity index is 973. The highest BCUT2D eigenvalue weighted by molar-refractivity contribution is 6.48. The number of hydrogen-bond donors (Lipinski definition) is 1. The third-order valence-corrected chi connectivity index (χ3v) is 6.85. The summed E-state index contributed by atoms with van der Waals surface area (Å²) >= 11 is 0. The van der Waals surface area contributed by atoms with Crippen molar-refractivity contribution in [3.63, 3.8) is 0 Å². The van der Waals surface area contributed by atoms with Gasteiger partial charge in [-0.15, -0.1) is 0 Å². The number of rotatable bonds is 6. The van der Waals surface area contributed by atoms with Crippen molar-refractivity contribution in [1.82, 2.24) is 0 Å². The van der Waals surface area contributed by atoms with Crippen molar-refractivity contribution in [3.8, 4) is 0 Å². The lowest BCUT2D eigenvalue weighted by Gasteiger charge is -2.38. The third kappa shape index (κ3) is 3.93. The minimum absolute atomic E-state index is 0.0663. The first-order valence-electron chi connectivity index (χ1n) is 10.9. The number of carbonyl (C=O) groups is 1. The zero-order chi connectivity index (χ0) is 21.7. The van der Waals surface area contributed by atoms with Crippen LogP contribution in [0.4, 0.5) is 5.69 Å². The lowest BCUT2D eigenvalue weighted by atomic mass is 9.80. The van der Waals surface area contributed by atoms with Gasteiger partial charge < -0.3 is 14.7 Å². The number of nitrogens with zero attached hydrogens (tertiary/aromatic N) is 1. The fraction of sp³-hybridized carbons (Fsp3) is 0.480. The summed E-state index contributed by atoms with van der Waals surface area (Å²) in [5.74, 6) is 0.766. The van der Waals surface area contributed by atoms with Gasteiger partial charge in [-0.3, -0.25) is 4.79 Å². The highest BCUT2D eigenvalue weighted by Crippen LogP contribution is 2.41. The maximum absolute atomic E-state index is 13.3.